The van der Waals surface area contributed by atoms with E-state index in [1.165, 1.54) is 11.9 Å². The molecule has 5 aromatic rings. The van der Waals surface area contributed by atoms with E-state index < -0.39 is 0 Å². The van der Waals surface area contributed by atoms with Crippen molar-refractivity contribution in [3.05, 3.63) is 96.8 Å². The van der Waals surface area contributed by atoms with E-state index in [9.17, 15) is 0 Å². The van der Waals surface area contributed by atoms with Crippen LogP contribution in [0.25, 0.3) is 33.4 Å². The minimum Gasteiger partial charge on any atom is -0.497 e. The predicted octanol–water partition coefficient (Wildman–Crippen LogP) is 5.40. The van der Waals surface area contributed by atoms with Crippen LogP contribution in [0.2, 0.25) is 0 Å². The number of ether oxygens (including phenoxy) is 1. The summed E-state index contributed by atoms with van der Waals surface area (Å²) in [6.45, 7) is 0.669. The van der Waals surface area contributed by atoms with Gasteiger partial charge >= 0.3 is 0 Å². The Labute approximate surface area is 180 Å². The van der Waals surface area contributed by atoms with Crippen LogP contribution in [0.5, 0.6) is 5.75 Å². The van der Waals surface area contributed by atoms with Crippen molar-refractivity contribution in [2.24, 2.45) is 0 Å². The molecule has 0 fully saturated rings. The molecule has 31 heavy (non-hydrogen) atoms. The predicted molar refractivity (Wildman–Crippen MR) is 125 cm³/mol. The van der Waals surface area contributed by atoms with Crippen LogP contribution in [-0.4, -0.2) is 21.6 Å². The average Bonchev–Trinajstić information content (AvgIpc) is 3.15. The molecule has 0 bridgehead atoms. The van der Waals surface area contributed by atoms with Crippen LogP contribution in [0, 0.1) is 0 Å². The number of benzene rings is 3. The molecular weight excluding hydrogens is 384 g/mol. The van der Waals surface area contributed by atoms with Crippen molar-refractivity contribution in [1.29, 1.82) is 0 Å². The Morgan fingerprint density at radius 1 is 0.806 bits per heavy atom. The van der Waals surface area contributed by atoms with Crippen molar-refractivity contribution in [2.75, 3.05) is 12.8 Å². The first-order valence-corrected chi connectivity index (χ1v) is 10.1. The molecule has 0 saturated carbocycles. The third kappa shape index (κ3) is 3.40. The molecule has 2 N–H and O–H groups in total. The topological polar surface area (TPSA) is 66.0 Å². The lowest BCUT2D eigenvalue weighted by atomic mass is 9.98. The van der Waals surface area contributed by atoms with E-state index in [2.05, 4.69) is 63.1 Å². The first kappa shape index (κ1) is 18.9. The smallest absolute Gasteiger partial charge is 0.146 e. The molecule has 0 amide bonds. The Morgan fingerprint density at radius 2 is 1.48 bits per heavy atom. The Balaban J connectivity index is 1.86. The van der Waals surface area contributed by atoms with Gasteiger partial charge in [0.05, 0.1) is 18.2 Å². The van der Waals surface area contributed by atoms with Gasteiger partial charge in [-0.1, -0.05) is 60.7 Å². The van der Waals surface area contributed by atoms with Gasteiger partial charge in [0.1, 0.15) is 23.5 Å². The molecule has 0 aliphatic rings. The minimum absolute atomic E-state index is 0.477. The molecule has 0 radical (unpaired) electrons. The third-order valence-electron chi connectivity index (χ3n) is 5.48. The maximum atomic E-state index is 6.41. The first-order valence-electron chi connectivity index (χ1n) is 10.1. The normalized spacial score (nSPS) is 11.0. The number of anilines is 1. The molecule has 0 aliphatic heterocycles. The summed E-state index contributed by atoms with van der Waals surface area (Å²) in [5.74, 6) is 1.29. The van der Waals surface area contributed by atoms with Crippen molar-refractivity contribution in [1.82, 2.24) is 14.5 Å². The van der Waals surface area contributed by atoms with E-state index in [-0.39, 0.29) is 0 Å². The number of hydrogen-bond donors (Lipinski definition) is 1. The molecule has 5 heteroatoms. The largest absolute Gasteiger partial charge is 0.497 e. The molecule has 5 rings (SSSR count). The fraction of sp³-hybridized carbons (Fsp3) is 0.0769. The van der Waals surface area contributed by atoms with Gasteiger partial charge in [0.15, 0.2) is 0 Å². The molecule has 0 aliphatic carbocycles. The standard InChI is InChI=1S/C26H22N4O/c1-31-21-14-12-20(13-15-21)24-22(19-10-6-3-7-11-19)23-25(27)28-17-29-26(23)30(24)16-18-8-4-2-5-9-18/h2-15,17H,16H2,1H3,(H2,27,28,29). The Bertz CT molecular complexity index is 1330. The molecular formula is C26H22N4O. The van der Waals surface area contributed by atoms with E-state index in [1.54, 1.807) is 7.11 Å². The molecule has 0 unspecified atom stereocenters. The SMILES string of the molecule is COc1ccc(-c2c(-c3ccccc3)c3c(N)ncnc3n2Cc2ccccc2)cc1. The lowest BCUT2D eigenvalue weighted by Crippen LogP contribution is -2.03. The fourth-order valence-electron chi connectivity index (χ4n) is 4.05. The average molecular weight is 406 g/mol. The van der Waals surface area contributed by atoms with Crippen LogP contribution in [0.4, 0.5) is 5.82 Å². The van der Waals surface area contributed by atoms with E-state index in [4.69, 9.17) is 10.5 Å². The van der Waals surface area contributed by atoms with Crippen LogP contribution in [0.3, 0.4) is 0 Å². The van der Waals surface area contributed by atoms with Crippen LogP contribution in [0.15, 0.2) is 91.3 Å². The zero-order valence-corrected chi connectivity index (χ0v) is 17.2. The van der Waals surface area contributed by atoms with Gasteiger partial charge in [-0.25, -0.2) is 9.97 Å². The second-order valence-electron chi connectivity index (χ2n) is 7.35. The minimum atomic E-state index is 0.477. The molecule has 2 heterocycles. The van der Waals surface area contributed by atoms with Crippen LogP contribution < -0.4 is 10.5 Å². The maximum Gasteiger partial charge on any atom is 0.146 e. The fourth-order valence-corrected chi connectivity index (χ4v) is 4.05. The number of nitrogens with two attached hydrogens (primary N) is 1. The highest BCUT2D eigenvalue weighted by Gasteiger charge is 2.23. The third-order valence-corrected chi connectivity index (χ3v) is 5.48. The number of hydrogen-bond acceptors (Lipinski definition) is 4. The number of methoxy groups -OCH3 is 1. The van der Waals surface area contributed by atoms with Gasteiger partial charge in [-0.2, -0.15) is 0 Å². The molecule has 5 nitrogen and oxygen atoms in total. The number of aromatic nitrogens is 3. The van der Waals surface area contributed by atoms with Crippen molar-refractivity contribution in [3.8, 4) is 28.1 Å². The van der Waals surface area contributed by atoms with Crippen molar-refractivity contribution in [3.63, 3.8) is 0 Å². The highest BCUT2D eigenvalue weighted by atomic mass is 16.5. The second-order valence-corrected chi connectivity index (χ2v) is 7.35. The van der Waals surface area contributed by atoms with Gasteiger partial charge in [-0.15, -0.1) is 0 Å². The van der Waals surface area contributed by atoms with Crippen molar-refractivity contribution in [2.45, 2.75) is 6.54 Å². The van der Waals surface area contributed by atoms with Crippen LogP contribution in [-0.2, 0) is 6.54 Å². The summed E-state index contributed by atoms with van der Waals surface area (Å²) < 4.78 is 7.60. The highest BCUT2D eigenvalue weighted by molar-refractivity contribution is 6.07. The van der Waals surface area contributed by atoms with Gasteiger partial charge in [0.2, 0.25) is 0 Å². The monoisotopic (exact) mass is 406 g/mol. The molecule has 152 valence electrons. The Hall–Kier alpha value is -4.12. The van der Waals surface area contributed by atoms with Gasteiger partial charge in [0, 0.05) is 12.1 Å². The van der Waals surface area contributed by atoms with Gasteiger partial charge in [-0.3, -0.25) is 0 Å². The summed E-state index contributed by atoms with van der Waals surface area (Å²) >= 11 is 0. The van der Waals surface area contributed by atoms with E-state index in [1.807, 2.05) is 36.4 Å². The van der Waals surface area contributed by atoms with Crippen LogP contribution in [0.1, 0.15) is 5.56 Å². The Morgan fingerprint density at radius 3 is 2.16 bits per heavy atom. The van der Waals surface area contributed by atoms with E-state index >= 15 is 0 Å². The maximum absolute atomic E-state index is 6.41. The summed E-state index contributed by atoms with van der Waals surface area (Å²) in [4.78, 5) is 8.96. The van der Waals surface area contributed by atoms with Gasteiger partial charge in [-0.05, 0) is 41.0 Å². The van der Waals surface area contributed by atoms with Gasteiger partial charge in [0.25, 0.3) is 0 Å². The summed E-state index contributed by atoms with van der Waals surface area (Å²) in [5, 5.41) is 0.871. The summed E-state index contributed by atoms with van der Waals surface area (Å²) in [6.07, 6.45) is 1.53. The number of fused-ring (bicyclic) bond motifs is 1. The summed E-state index contributed by atoms with van der Waals surface area (Å²) in [7, 11) is 1.67. The zero-order valence-electron chi connectivity index (χ0n) is 17.2. The lowest BCUT2D eigenvalue weighted by Gasteiger charge is -2.13. The number of nitrogens with zero attached hydrogens (tertiary/aromatic N) is 3. The molecule has 0 atom stereocenters. The first-order chi connectivity index (χ1) is 15.3. The van der Waals surface area contributed by atoms with E-state index in [0.717, 1.165) is 39.2 Å². The number of rotatable bonds is 5. The van der Waals surface area contributed by atoms with E-state index in [0.29, 0.717) is 12.4 Å². The summed E-state index contributed by atoms with van der Waals surface area (Å²) in [5.41, 5.74) is 12.6. The summed E-state index contributed by atoms with van der Waals surface area (Å²) in [6, 6.07) is 28.8. The molecule has 0 saturated heterocycles. The lowest BCUT2D eigenvalue weighted by molar-refractivity contribution is 0.415. The Kier molecular flexibility index (Phi) is 4.84. The molecule has 3 aromatic carbocycles. The van der Waals surface area contributed by atoms with Crippen molar-refractivity contribution < 1.29 is 4.74 Å². The quantitative estimate of drug-likeness (QED) is 0.424. The van der Waals surface area contributed by atoms with Crippen molar-refractivity contribution >= 4 is 16.9 Å². The van der Waals surface area contributed by atoms with Gasteiger partial charge < -0.3 is 15.0 Å². The zero-order chi connectivity index (χ0) is 21.2. The van der Waals surface area contributed by atoms with Crippen LogP contribution >= 0.6 is 0 Å². The second kappa shape index (κ2) is 7.95. The highest BCUT2D eigenvalue weighted by Crippen LogP contribution is 2.42. The molecule has 0 spiro atoms. The molecule has 2 aromatic heterocycles. The number of nitrogen functional groups attached to an aromatic ring is 1.